The van der Waals surface area contributed by atoms with Crippen LogP contribution in [0, 0.1) is 16.0 Å². The Labute approximate surface area is 192 Å². The van der Waals surface area contributed by atoms with Crippen LogP contribution in [-0.4, -0.2) is 37.8 Å². The molecule has 3 rings (SSSR count). The van der Waals surface area contributed by atoms with Crippen LogP contribution in [-0.2, 0) is 6.42 Å². The van der Waals surface area contributed by atoms with Crippen molar-refractivity contribution in [2.45, 2.75) is 26.3 Å². The molecule has 1 heterocycles. The van der Waals surface area contributed by atoms with E-state index in [4.69, 9.17) is 18.6 Å². The number of non-ortho nitro benzene ring substituents is 1. The molecule has 0 bridgehead atoms. The number of hydrogen-bond donors (Lipinski definition) is 1. The molecule has 0 saturated carbocycles. The Hall–Kier alpha value is -3.59. The molecule has 0 radical (unpaired) electrons. The van der Waals surface area contributed by atoms with Crippen molar-refractivity contribution in [2.75, 3.05) is 27.9 Å². The van der Waals surface area contributed by atoms with Crippen molar-refractivity contribution in [1.82, 2.24) is 10.3 Å². The quantitative estimate of drug-likeness (QED) is 0.324. The van der Waals surface area contributed by atoms with Crippen LogP contribution in [0.5, 0.6) is 17.4 Å². The highest BCUT2D eigenvalue weighted by molar-refractivity contribution is 5.65. The highest BCUT2D eigenvalue weighted by Crippen LogP contribution is 2.35. The predicted molar refractivity (Wildman–Crippen MR) is 124 cm³/mol. The maximum atomic E-state index is 10.9. The number of aromatic nitrogens is 1. The molecule has 0 saturated heterocycles. The van der Waals surface area contributed by atoms with Crippen LogP contribution in [0.25, 0.3) is 11.3 Å². The van der Waals surface area contributed by atoms with E-state index < -0.39 is 4.92 Å². The lowest BCUT2D eigenvalue weighted by molar-refractivity contribution is -0.384. The Balaban J connectivity index is 1.76. The minimum absolute atomic E-state index is 0.0123. The molecule has 0 aliphatic heterocycles. The van der Waals surface area contributed by atoms with E-state index in [1.165, 1.54) is 19.2 Å². The topological polar surface area (TPSA) is 109 Å². The highest BCUT2D eigenvalue weighted by atomic mass is 16.6. The summed E-state index contributed by atoms with van der Waals surface area (Å²) in [4.78, 5) is 15.2. The van der Waals surface area contributed by atoms with Crippen molar-refractivity contribution in [3.8, 4) is 28.7 Å². The molecule has 1 aromatic heterocycles. The highest BCUT2D eigenvalue weighted by Gasteiger charge is 2.25. The molecule has 0 aliphatic carbocycles. The van der Waals surface area contributed by atoms with Gasteiger partial charge in [-0.05, 0) is 48.7 Å². The second-order valence-electron chi connectivity index (χ2n) is 7.81. The van der Waals surface area contributed by atoms with E-state index in [-0.39, 0.29) is 23.6 Å². The average molecular weight is 456 g/mol. The van der Waals surface area contributed by atoms with Crippen LogP contribution in [0.1, 0.15) is 31.3 Å². The molecule has 3 aromatic rings. The van der Waals surface area contributed by atoms with Gasteiger partial charge < -0.3 is 23.9 Å². The summed E-state index contributed by atoms with van der Waals surface area (Å²) in [7, 11) is 4.74. The molecule has 176 valence electrons. The van der Waals surface area contributed by atoms with Crippen LogP contribution in [0.3, 0.4) is 0 Å². The van der Waals surface area contributed by atoms with Crippen molar-refractivity contribution in [3.05, 3.63) is 64.0 Å². The Morgan fingerprint density at radius 3 is 2.30 bits per heavy atom. The van der Waals surface area contributed by atoms with Gasteiger partial charge in [-0.25, -0.2) is 4.98 Å². The number of nitrogens with zero attached hydrogens (tertiary/aromatic N) is 2. The largest absolute Gasteiger partial charge is 0.493 e. The smallest absolute Gasteiger partial charge is 0.313 e. The second-order valence-corrected chi connectivity index (χ2v) is 7.81. The third-order valence-electron chi connectivity index (χ3n) is 5.31. The molecule has 1 unspecified atom stereocenters. The number of nitrogens with one attached hydrogen (secondary N) is 1. The SMILES string of the molecule is COc1ccc(CCNC(c2nc(-c3ccc([N+](=O)[O-])cc3)c(OC)o2)C(C)C)cc1OC. The molecule has 33 heavy (non-hydrogen) atoms. The van der Waals surface area contributed by atoms with E-state index in [0.29, 0.717) is 35.2 Å². The third kappa shape index (κ3) is 5.61. The van der Waals surface area contributed by atoms with Crippen molar-refractivity contribution < 1.29 is 23.6 Å². The van der Waals surface area contributed by atoms with Crippen molar-refractivity contribution >= 4 is 5.69 Å². The van der Waals surface area contributed by atoms with Gasteiger partial charge in [-0.2, -0.15) is 0 Å². The zero-order chi connectivity index (χ0) is 24.0. The van der Waals surface area contributed by atoms with Gasteiger partial charge in [-0.1, -0.05) is 19.9 Å². The van der Waals surface area contributed by atoms with Gasteiger partial charge in [-0.15, -0.1) is 0 Å². The summed E-state index contributed by atoms with van der Waals surface area (Å²) in [6, 6.07) is 11.9. The normalized spacial score (nSPS) is 11.9. The zero-order valence-corrected chi connectivity index (χ0v) is 19.5. The van der Waals surface area contributed by atoms with Gasteiger partial charge in [0.15, 0.2) is 17.2 Å². The monoisotopic (exact) mass is 455 g/mol. The van der Waals surface area contributed by atoms with Gasteiger partial charge >= 0.3 is 5.95 Å². The first-order valence-electron chi connectivity index (χ1n) is 10.6. The number of rotatable bonds is 11. The summed E-state index contributed by atoms with van der Waals surface area (Å²) in [5.74, 6) is 2.36. The number of hydrogen-bond acceptors (Lipinski definition) is 8. The summed E-state index contributed by atoms with van der Waals surface area (Å²) in [5, 5.41) is 14.5. The van der Waals surface area contributed by atoms with Crippen LogP contribution in [0.4, 0.5) is 5.69 Å². The van der Waals surface area contributed by atoms with Gasteiger partial charge in [0.05, 0.1) is 32.3 Å². The number of nitro benzene ring substituents is 1. The Morgan fingerprint density at radius 2 is 1.73 bits per heavy atom. The summed E-state index contributed by atoms with van der Waals surface area (Å²) in [6.07, 6.45) is 0.774. The molecule has 0 amide bonds. The molecular weight excluding hydrogens is 426 g/mol. The van der Waals surface area contributed by atoms with Crippen LogP contribution in [0.15, 0.2) is 46.9 Å². The number of methoxy groups -OCH3 is 3. The zero-order valence-electron chi connectivity index (χ0n) is 19.5. The first-order chi connectivity index (χ1) is 15.9. The molecule has 9 nitrogen and oxygen atoms in total. The molecule has 0 spiro atoms. The summed E-state index contributed by atoms with van der Waals surface area (Å²) in [6.45, 7) is 4.85. The lowest BCUT2D eigenvalue weighted by Gasteiger charge is -2.19. The van der Waals surface area contributed by atoms with Crippen LogP contribution >= 0.6 is 0 Å². The Kier molecular flexibility index (Phi) is 7.89. The molecular formula is C24H29N3O6. The molecule has 0 aliphatic rings. The van der Waals surface area contributed by atoms with Crippen molar-refractivity contribution in [2.24, 2.45) is 5.92 Å². The maximum absolute atomic E-state index is 10.9. The van der Waals surface area contributed by atoms with E-state index in [0.717, 1.165) is 12.0 Å². The fourth-order valence-electron chi connectivity index (χ4n) is 3.53. The van der Waals surface area contributed by atoms with Crippen molar-refractivity contribution in [1.29, 1.82) is 0 Å². The van der Waals surface area contributed by atoms with E-state index in [2.05, 4.69) is 24.1 Å². The minimum atomic E-state index is -0.438. The van der Waals surface area contributed by atoms with Gasteiger partial charge in [0.1, 0.15) is 0 Å². The number of nitro groups is 1. The van der Waals surface area contributed by atoms with Crippen LogP contribution in [0.2, 0.25) is 0 Å². The lowest BCUT2D eigenvalue weighted by Crippen LogP contribution is -2.28. The first kappa shape index (κ1) is 24.1. The number of benzene rings is 2. The maximum Gasteiger partial charge on any atom is 0.313 e. The average Bonchev–Trinajstić information content (AvgIpc) is 3.25. The standard InChI is InChI=1S/C24H29N3O6/c1-15(2)21(25-13-12-16-6-11-19(30-3)20(14-16)31-4)23-26-22(24(32-5)33-23)17-7-9-18(10-8-17)27(28)29/h6-11,14-15,21,25H,12-13H2,1-5H3. The fourth-order valence-corrected chi connectivity index (χ4v) is 3.53. The van der Waals surface area contributed by atoms with E-state index in [1.54, 1.807) is 26.4 Å². The first-order valence-corrected chi connectivity index (χ1v) is 10.6. The van der Waals surface area contributed by atoms with E-state index >= 15 is 0 Å². The van der Waals surface area contributed by atoms with Gasteiger partial charge in [0, 0.05) is 17.7 Å². The number of ether oxygens (including phenoxy) is 3. The Morgan fingerprint density at radius 1 is 1.03 bits per heavy atom. The Bertz CT molecular complexity index is 1080. The molecule has 1 atom stereocenters. The molecule has 0 fully saturated rings. The fraction of sp³-hybridized carbons (Fsp3) is 0.375. The molecule has 1 N–H and O–H groups in total. The molecule has 2 aromatic carbocycles. The van der Waals surface area contributed by atoms with Gasteiger partial charge in [-0.3, -0.25) is 10.1 Å². The van der Waals surface area contributed by atoms with E-state index in [9.17, 15) is 10.1 Å². The predicted octanol–water partition coefficient (Wildman–Crippen LogP) is 4.81. The van der Waals surface area contributed by atoms with Crippen LogP contribution < -0.4 is 19.5 Å². The van der Waals surface area contributed by atoms with Gasteiger partial charge in [0.2, 0.25) is 5.89 Å². The van der Waals surface area contributed by atoms with E-state index in [1.807, 2.05) is 18.2 Å². The summed E-state index contributed by atoms with van der Waals surface area (Å²) < 4.78 is 22.0. The summed E-state index contributed by atoms with van der Waals surface area (Å²) in [5.41, 5.74) is 2.31. The molecule has 9 heteroatoms. The summed E-state index contributed by atoms with van der Waals surface area (Å²) >= 11 is 0. The third-order valence-corrected chi connectivity index (χ3v) is 5.31. The van der Waals surface area contributed by atoms with Gasteiger partial charge in [0.25, 0.3) is 5.69 Å². The number of oxazole rings is 1. The van der Waals surface area contributed by atoms with Crippen molar-refractivity contribution in [3.63, 3.8) is 0 Å². The minimum Gasteiger partial charge on any atom is -0.493 e. The second kappa shape index (κ2) is 10.8. The lowest BCUT2D eigenvalue weighted by atomic mass is 10.0.